The summed E-state index contributed by atoms with van der Waals surface area (Å²) < 4.78 is 7.12. The van der Waals surface area contributed by atoms with Gasteiger partial charge in [0.15, 0.2) is 5.75 Å². The van der Waals surface area contributed by atoms with Crippen LogP contribution in [0.4, 0.5) is 0 Å². The molecule has 1 aromatic heterocycles. The van der Waals surface area contributed by atoms with Gasteiger partial charge in [0.1, 0.15) is 0 Å². The molecule has 0 aliphatic heterocycles. The molecule has 0 aliphatic carbocycles. The average Bonchev–Trinajstić information content (AvgIpc) is 2.45. The lowest BCUT2D eigenvalue weighted by atomic mass is 10.3. The van der Waals surface area contributed by atoms with E-state index >= 15 is 0 Å². The molecule has 0 N–H and O–H groups in total. The van der Waals surface area contributed by atoms with Crippen molar-refractivity contribution in [3.05, 3.63) is 25.0 Å². The van der Waals surface area contributed by atoms with Crippen molar-refractivity contribution in [2.24, 2.45) is 7.05 Å². The van der Waals surface area contributed by atoms with Gasteiger partial charge in [0.25, 0.3) is 0 Å². The van der Waals surface area contributed by atoms with Crippen molar-refractivity contribution < 1.29 is 4.74 Å². The van der Waals surface area contributed by atoms with E-state index in [1.165, 1.54) is 0 Å². The smallest absolute Gasteiger partial charge is 0.157 e. The average molecular weight is 166 g/mol. The summed E-state index contributed by atoms with van der Waals surface area (Å²) in [5.41, 5.74) is 0. The molecule has 1 aromatic rings. The first kappa shape index (κ1) is 8.84. The van der Waals surface area contributed by atoms with Crippen LogP contribution in [-0.2, 0) is 7.05 Å². The van der Waals surface area contributed by atoms with Crippen LogP contribution >= 0.6 is 0 Å². The first-order valence-corrected chi connectivity index (χ1v) is 4.05. The summed E-state index contributed by atoms with van der Waals surface area (Å²) in [7, 11) is 1.87. The zero-order valence-corrected chi connectivity index (χ0v) is 7.36. The van der Waals surface area contributed by atoms with E-state index in [9.17, 15) is 0 Å². The van der Waals surface area contributed by atoms with Gasteiger partial charge in [-0.25, -0.2) is 0 Å². The molecule has 12 heavy (non-hydrogen) atoms. The fourth-order valence-electron chi connectivity index (χ4n) is 0.891. The zero-order valence-electron chi connectivity index (χ0n) is 7.36. The topological polar surface area (TPSA) is 27.1 Å². The standard InChI is InChI=1S/C9H14N2O/c1-3-4-5-6-12-9-7-10-11(2)8-9/h3,7-8H,1,4-6H2,2H3. The third-order valence-electron chi connectivity index (χ3n) is 1.50. The van der Waals surface area contributed by atoms with E-state index in [1.807, 2.05) is 19.3 Å². The SMILES string of the molecule is C=CCCCOc1cnn(C)c1. The summed E-state index contributed by atoms with van der Waals surface area (Å²) in [4.78, 5) is 0. The number of aromatic nitrogens is 2. The second kappa shape index (κ2) is 4.59. The number of ether oxygens (including phenoxy) is 1. The van der Waals surface area contributed by atoms with Gasteiger partial charge in [-0.05, 0) is 12.8 Å². The van der Waals surface area contributed by atoms with Crippen molar-refractivity contribution in [2.75, 3.05) is 6.61 Å². The molecule has 0 saturated carbocycles. The quantitative estimate of drug-likeness (QED) is 0.492. The maximum atomic E-state index is 5.40. The molecule has 0 amide bonds. The lowest BCUT2D eigenvalue weighted by Gasteiger charge is -1.99. The fraction of sp³-hybridized carbons (Fsp3) is 0.444. The molecule has 0 atom stereocenters. The minimum Gasteiger partial charge on any atom is -0.490 e. The van der Waals surface area contributed by atoms with Crippen LogP contribution in [0, 0.1) is 0 Å². The molecule has 66 valence electrons. The van der Waals surface area contributed by atoms with Crippen LogP contribution < -0.4 is 4.74 Å². The molecule has 0 radical (unpaired) electrons. The second-order valence-electron chi connectivity index (χ2n) is 2.63. The molecule has 3 nitrogen and oxygen atoms in total. The fourth-order valence-corrected chi connectivity index (χ4v) is 0.891. The van der Waals surface area contributed by atoms with Crippen LogP contribution in [0.3, 0.4) is 0 Å². The Morgan fingerprint density at radius 3 is 3.17 bits per heavy atom. The number of nitrogens with zero attached hydrogens (tertiary/aromatic N) is 2. The number of allylic oxidation sites excluding steroid dienone is 1. The Morgan fingerprint density at radius 1 is 1.75 bits per heavy atom. The molecular weight excluding hydrogens is 152 g/mol. The summed E-state index contributed by atoms with van der Waals surface area (Å²) in [6, 6.07) is 0. The van der Waals surface area contributed by atoms with E-state index in [1.54, 1.807) is 10.9 Å². The molecule has 0 aromatic carbocycles. The normalized spacial score (nSPS) is 9.75. The molecule has 0 saturated heterocycles. The van der Waals surface area contributed by atoms with Gasteiger partial charge in [0, 0.05) is 7.05 Å². The van der Waals surface area contributed by atoms with Crippen LogP contribution in [0.15, 0.2) is 25.0 Å². The first-order chi connectivity index (χ1) is 5.83. The van der Waals surface area contributed by atoms with Crippen molar-refractivity contribution in [2.45, 2.75) is 12.8 Å². The second-order valence-corrected chi connectivity index (χ2v) is 2.63. The number of rotatable bonds is 5. The summed E-state index contributed by atoms with van der Waals surface area (Å²) in [5, 5.41) is 3.99. The number of hydrogen-bond acceptors (Lipinski definition) is 2. The van der Waals surface area contributed by atoms with Crippen molar-refractivity contribution in [3.63, 3.8) is 0 Å². The molecule has 1 heterocycles. The van der Waals surface area contributed by atoms with Gasteiger partial charge < -0.3 is 4.74 Å². The van der Waals surface area contributed by atoms with Gasteiger partial charge in [-0.1, -0.05) is 6.08 Å². The molecule has 0 spiro atoms. The van der Waals surface area contributed by atoms with Gasteiger partial charge in [0.2, 0.25) is 0 Å². The highest BCUT2D eigenvalue weighted by atomic mass is 16.5. The molecule has 0 fully saturated rings. The zero-order chi connectivity index (χ0) is 8.81. The van der Waals surface area contributed by atoms with Gasteiger partial charge in [-0.3, -0.25) is 4.68 Å². The van der Waals surface area contributed by atoms with Crippen LogP contribution in [0.5, 0.6) is 5.75 Å². The van der Waals surface area contributed by atoms with Crippen molar-refractivity contribution >= 4 is 0 Å². The number of hydrogen-bond donors (Lipinski definition) is 0. The van der Waals surface area contributed by atoms with Gasteiger partial charge in [-0.15, -0.1) is 6.58 Å². The van der Waals surface area contributed by atoms with E-state index in [0.717, 1.165) is 25.2 Å². The van der Waals surface area contributed by atoms with Crippen LogP contribution in [0.2, 0.25) is 0 Å². The minimum atomic E-state index is 0.734. The molecular formula is C9H14N2O. The lowest BCUT2D eigenvalue weighted by Crippen LogP contribution is -1.95. The molecule has 0 bridgehead atoms. The molecule has 0 aliphatic rings. The van der Waals surface area contributed by atoms with Crippen LogP contribution in [0.25, 0.3) is 0 Å². The van der Waals surface area contributed by atoms with E-state index in [0.29, 0.717) is 0 Å². The molecule has 1 rings (SSSR count). The third-order valence-corrected chi connectivity index (χ3v) is 1.50. The molecule has 0 unspecified atom stereocenters. The highest BCUT2D eigenvalue weighted by Gasteiger charge is 1.94. The Labute approximate surface area is 72.7 Å². The van der Waals surface area contributed by atoms with Crippen molar-refractivity contribution in [1.29, 1.82) is 0 Å². The highest BCUT2D eigenvalue weighted by molar-refractivity contribution is 5.10. The summed E-state index contributed by atoms with van der Waals surface area (Å²) in [5.74, 6) is 0.835. The van der Waals surface area contributed by atoms with Gasteiger partial charge in [0.05, 0.1) is 19.0 Å². The maximum Gasteiger partial charge on any atom is 0.157 e. The highest BCUT2D eigenvalue weighted by Crippen LogP contribution is 2.07. The predicted molar refractivity (Wildman–Crippen MR) is 48.1 cm³/mol. The van der Waals surface area contributed by atoms with E-state index < -0.39 is 0 Å². The third kappa shape index (κ3) is 2.78. The summed E-state index contributed by atoms with van der Waals surface area (Å²) in [6.07, 6.45) is 7.48. The monoisotopic (exact) mass is 166 g/mol. The first-order valence-electron chi connectivity index (χ1n) is 4.05. The number of unbranched alkanes of at least 4 members (excludes halogenated alkanes) is 1. The van der Waals surface area contributed by atoms with E-state index in [-0.39, 0.29) is 0 Å². The van der Waals surface area contributed by atoms with E-state index in [2.05, 4.69) is 11.7 Å². The minimum absolute atomic E-state index is 0.734. The molecule has 3 heteroatoms. The Morgan fingerprint density at radius 2 is 2.58 bits per heavy atom. The number of aryl methyl sites for hydroxylation is 1. The summed E-state index contributed by atoms with van der Waals surface area (Å²) in [6.45, 7) is 4.37. The summed E-state index contributed by atoms with van der Waals surface area (Å²) >= 11 is 0. The van der Waals surface area contributed by atoms with Crippen molar-refractivity contribution in [3.8, 4) is 5.75 Å². The van der Waals surface area contributed by atoms with Crippen LogP contribution in [-0.4, -0.2) is 16.4 Å². The van der Waals surface area contributed by atoms with Gasteiger partial charge >= 0.3 is 0 Å². The maximum absolute atomic E-state index is 5.40. The van der Waals surface area contributed by atoms with Crippen molar-refractivity contribution in [1.82, 2.24) is 9.78 Å². The Balaban J connectivity index is 2.19. The Kier molecular flexibility index (Phi) is 3.38. The Bertz CT molecular complexity index is 242. The largest absolute Gasteiger partial charge is 0.490 e. The van der Waals surface area contributed by atoms with Gasteiger partial charge in [-0.2, -0.15) is 5.10 Å². The van der Waals surface area contributed by atoms with Crippen LogP contribution in [0.1, 0.15) is 12.8 Å². The Hall–Kier alpha value is -1.25. The lowest BCUT2D eigenvalue weighted by molar-refractivity contribution is 0.312. The van der Waals surface area contributed by atoms with E-state index in [4.69, 9.17) is 4.74 Å². The predicted octanol–water partition coefficient (Wildman–Crippen LogP) is 1.77.